The summed E-state index contributed by atoms with van der Waals surface area (Å²) in [6.45, 7) is 0. The zero-order valence-electron chi connectivity index (χ0n) is 20.2. The van der Waals surface area contributed by atoms with Gasteiger partial charge in [0.15, 0.2) is 23.3 Å². The quantitative estimate of drug-likeness (QED) is 0.0690. The van der Waals surface area contributed by atoms with Gasteiger partial charge in [-0.1, -0.05) is 18.2 Å². The van der Waals surface area contributed by atoms with Crippen molar-refractivity contribution in [3.05, 3.63) is 119 Å². The highest BCUT2D eigenvalue weighted by molar-refractivity contribution is 8.32. The standard InChI is InChI=1S/C26H13F11O3S2/c27-19-20(28)22(30)24(23(31)21(19)29)42(38,39)40-41(16-4-2-1-3-5-16,17-10-6-14(7-11-17)25(32,33)34)18-12-8-15(9-13-18)26(35,36)37/h1-13H/p+1. The molecule has 0 saturated carbocycles. The highest BCUT2D eigenvalue weighted by atomic mass is 32.3. The van der Waals surface area contributed by atoms with Crippen LogP contribution in [0.2, 0.25) is 0 Å². The van der Waals surface area contributed by atoms with Crippen LogP contribution in [0.1, 0.15) is 11.1 Å². The van der Waals surface area contributed by atoms with E-state index >= 15 is 0 Å². The molecule has 0 aliphatic heterocycles. The van der Waals surface area contributed by atoms with Crippen LogP contribution in [-0.2, 0) is 22.5 Å². The third-order valence-electron chi connectivity index (χ3n) is 5.77. The summed E-state index contributed by atoms with van der Waals surface area (Å²) in [6, 6.07) is 11.4. The van der Waals surface area contributed by atoms with Gasteiger partial charge in [-0.2, -0.15) is 26.3 Å². The van der Waals surface area contributed by atoms with Gasteiger partial charge in [0.1, 0.15) is 0 Å². The van der Waals surface area contributed by atoms with E-state index in [0.29, 0.717) is 24.3 Å². The Kier molecular flexibility index (Phi) is 8.12. The van der Waals surface area contributed by atoms with Gasteiger partial charge in [-0.15, -0.1) is 8.42 Å². The van der Waals surface area contributed by atoms with Crippen LogP contribution in [0.5, 0.6) is 0 Å². The Bertz CT molecular complexity index is 1630. The molecule has 0 spiro atoms. The first kappa shape index (κ1) is 31.3. The first-order chi connectivity index (χ1) is 19.4. The smallest absolute Gasteiger partial charge is 0.258 e. The average molecular weight is 648 g/mol. The zero-order chi connectivity index (χ0) is 31.3. The van der Waals surface area contributed by atoms with E-state index in [1.807, 2.05) is 0 Å². The summed E-state index contributed by atoms with van der Waals surface area (Å²) in [7, 11) is -9.94. The lowest BCUT2D eigenvalue weighted by molar-refractivity contribution is -0.138. The van der Waals surface area contributed by atoms with Gasteiger partial charge in [0.25, 0.3) is 0 Å². The molecule has 0 radical (unpaired) electrons. The molecule has 0 atom stereocenters. The molecule has 16 heteroatoms. The van der Waals surface area contributed by atoms with E-state index in [2.05, 4.69) is 3.63 Å². The maximum absolute atomic E-state index is 14.6. The monoisotopic (exact) mass is 647 g/mol. The molecule has 0 aliphatic rings. The van der Waals surface area contributed by atoms with Crippen LogP contribution >= 0.6 is 10.3 Å². The molecule has 0 fully saturated rings. The van der Waals surface area contributed by atoms with Crippen LogP contribution < -0.4 is 0 Å². The number of benzene rings is 4. The number of hydrogen-bond donors (Lipinski definition) is 0. The predicted octanol–water partition coefficient (Wildman–Crippen LogP) is 9.10. The zero-order valence-corrected chi connectivity index (χ0v) is 21.9. The van der Waals surface area contributed by atoms with Crippen LogP contribution in [0.25, 0.3) is 0 Å². The largest absolute Gasteiger partial charge is 0.428 e. The second-order valence-electron chi connectivity index (χ2n) is 8.39. The molecule has 0 aromatic heterocycles. The maximum Gasteiger partial charge on any atom is 0.428 e. The molecule has 4 rings (SSSR count). The first-order valence-electron chi connectivity index (χ1n) is 11.1. The molecule has 0 bridgehead atoms. The van der Waals surface area contributed by atoms with E-state index in [9.17, 15) is 56.7 Å². The average Bonchev–Trinajstić information content (AvgIpc) is 2.93. The van der Waals surface area contributed by atoms with Crippen molar-refractivity contribution in [2.75, 3.05) is 0 Å². The van der Waals surface area contributed by atoms with Gasteiger partial charge in [0, 0.05) is 0 Å². The van der Waals surface area contributed by atoms with Gasteiger partial charge in [-0.3, -0.25) is 3.63 Å². The molecule has 0 aliphatic carbocycles. The van der Waals surface area contributed by atoms with Gasteiger partial charge in [0.05, 0.1) is 36.1 Å². The van der Waals surface area contributed by atoms with Crippen molar-refractivity contribution >= 4 is 20.4 Å². The van der Waals surface area contributed by atoms with Crippen molar-refractivity contribution < 1.29 is 60.3 Å². The molecule has 4 aromatic rings. The third-order valence-corrected chi connectivity index (χ3v) is 11.2. The van der Waals surface area contributed by atoms with E-state index in [1.165, 1.54) is 30.3 Å². The Morgan fingerprint density at radius 2 is 0.810 bits per heavy atom. The second kappa shape index (κ2) is 10.9. The summed E-state index contributed by atoms with van der Waals surface area (Å²) in [6.07, 6.45) is -9.76. The number of rotatable bonds is 6. The van der Waals surface area contributed by atoms with E-state index in [0.717, 1.165) is 24.3 Å². The number of halogens is 11. The van der Waals surface area contributed by atoms with E-state index in [-0.39, 0.29) is 4.90 Å². The van der Waals surface area contributed by atoms with Gasteiger partial charge in [-0.25, -0.2) is 22.0 Å². The highest BCUT2D eigenvalue weighted by Crippen LogP contribution is 2.69. The van der Waals surface area contributed by atoms with Crippen molar-refractivity contribution in [3.8, 4) is 0 Å². The van der Waals surface area contributed by atoms with Gasteiger partial charge in [0.2, 0.25) is 10.7 Å². The van der Waals surface area contributed by atoms with Crippen LogP contribution in [0.15, 0.2) is 98.4 Å². The molecular formula is C26H14F11O3S2+. The summed E-state index contributed by atoms with van der Waals surface area (Å²) < 4.78 is 181. The van der Waals surface area contributed by atoms with E-state index in [4.69, 9.17) is 0 Å². The summed E-state index contributed by atoms with van der Waals surface area (Å²) in [4.78, 5) is -3.33. The predicted molar refractivity (Wildman–Crippen MR) is 128 cm³/mol. The molecule has 3 nitrogen and oxygen atoms in total. The molecule has 0 unspecified atom stereocenters. The molecule has 42 heavy (non-hydrogen) atoms. The van der Waals surface area contributed by atoms with Crippen molar-refractivity contribution in [1.82, 2.24) is 0 Å². The van der Waals surface area contributed by atoms with Gasteiger partial charge >= 0.3 is 22.5 Å². The fourth-order valence-corrected chi connectivity index (χ4v) is 9.40. The van der Waals surface area contributed by atoms with Crippen molar-refractivity contribution in [2.45, 2.75) is 31.9 Å². The van der Waals surface area contributed by atoms with Crippen molar-refractivity contribution in [2.24, 2.45) is 0 Å². The van der Waals surface area contributed by atoms with Gasteiger partial charge < -0.3 is 0 Å². The highest BCUT2D eigenvalue weighted by Gasteiger charge is 2.48. The number of alkyl halides is 6. The molecule has 4 aromatic carbocycles. The summed E-state index contributed by atoms with van der Waals surface area (Å²) >= 11 is 0. The van der Waals surface area contributed by atoms with E-state index in [1.54, 1.807) is 0 Å². The molecular weight excluding hydrogens is 633 g/mol. The SMILES string of the molecule is O=S(=O)([OH+]S(c1ccccc1)(c1ccc(C(F)(F)F)cc1)c1ccc(C(F)(F)F)cc1)c1c(F)c(F)c(F)c(F)c1F. The summed E-state index contributed by atoms with van der Waals surface area (Å²) in [5.41, 5.74) is -2.44. The lowest BCUT2D eigenvalue weighted by Gasteiger charge is -2.35. The molecule has 224 valence electrons. The minimum absolute atomic E-state index is 0.183. The van der Waals surface area contributed by atoms with Gasteiger partial charge in [-0.05, 0) is 60.7 Å². The summed E-state index contributed by atoms with van der Waals surface area (Å²) in [5.74, 6) is -13.4. The second-order valence-corrected chi connectivity index (χ2v) is 12.9. The molecule has 1 N–H and O–H groups in total. The first-order valence-corrected chi connectivity index (χ1v) is 14.2. The van der Waals surface area contributed by atoms with Crippen LogP contribution in [0.4, 0.5) is 48.3 Å². The molecule has 0 amide bonds. The van der Waals surface area contributed by atoms with Crippen LogP contribution in [-0.4, -0.2) is 12.0 Å². The van der Waals surface area contributed by atoms with E-state index < -0.39 is 87.7 Å². The lowest BCUT2D eigenvalue weighted by atomic mass is 10.2. The Morgan fingerprint density at radius 3 is 1.17 bits per heavy atom. The fraction of sp³-hybridized carbons (Fsp3) is 0.0769. The molecule has 0 heterocycles. The Hall–Kier alpha value is -3.63. The minimum atomic E-state index is -5.94. The van der Waals surface area contributed by atoms with Crippen LogP contribution in [0, 0.1) is 29.1 Å². The minimum Gasteiger partial charge on any atom is -0.258 e. The molecule has 0 saturated heterocycles. The summed E-state index contributed by atoms with van der Waals surface area (Å²) in [5, 5.41) is 0. The van der Waals surface area contributed by atoms with Crippen molar-refractivity contribution in [3.63, 3.8) is 0 Å². The fourth-order valence-electron chi connectivity index (χ4n) is 3.83. The Morgan fingerprint density at radius 1 is 0.476 bits per heavy atom. The number of hydrogen-bond acceptors (Lipinski definition) is 2. The third kappa shape index (κ3) is 5.57. The Balaban J connectivity index is 2.09. The topological polar surface area (TPSA) is 46.9 Å². The lowest BCUT2D eigenvalue weighted by Crippen LogP contribution is -2.22. The van der Waals surface area contributed by atoms with Crippen molar-refractivity contribution in [1.29, 1.82) is 0 Å². The maximum atomic E-state index is 14.6. The van der Waals surface area contributed by atoms with Crippen LogP contribution in [0.3, 0.4) is 0 Å². The normalized spacial score (nSPS) is 13.3. The Labute approximate surface area is 231 Å².